The molecule has 0 spiro atoms. The Balaban J connectivity index is 2.24. The van der Waals surface area contributed by atoms with Gasteiger partial charge in [0.05, 0.1) is 11.5 Å². The van der Waals surface area contributed by atoms with E-state index in [4.69, 9.17) is 18.8 Å². The van der Waals surface area contributed by atoms with Crippen molar-refractivity contribution in [3.05, 3.63) is 29.8 Å². The molecule has 9 heteroatoms. The first-order chi connectivity index (χ1) is 10.8. The molecule has 130 valence electrons. The molecular weight excluding hydrogens is 328 g/mol. The van der Waals surface area contributed by atoms with Crippen molar-refractivity contribution in [1.82, 2.24) is 0 Å². The highest BCUT2D eigenvalue weighted by molar-refractivity contribution is 7.86. The first kappa shape index (κ1) is 18.3. The Morgan fingerprint density at radius 1 is 1.17 bits per heavy atom. The molecule has 8 nitrogen and oxygen atoms in total. The van der Waals surface area contributed by atoms with E-state index in [1.165, 1.54) is 19.2 Å². The van der Waals surface area contributed by atoms with Gasteiger partial charge in [-0.3, -0.25) is 4.18 Å². The van der Waals surface area contributed by atoms with Gasteiger partial charge in [0.25, 0.3) is 10.1 Å². The van der Waals surface area contributed by atoms with Crippen molar-refractivity contribution in [3.63, 3.8) is 0 Å². The summed E-state index contributed by atoms with van der Waals surface area (Å²) in [7, 11) is -2.96. The van der Waals surface area contributed by atoms with Crippen LogP contribution in [-0.2, 0) is 23.8 Å². The summed E-state index contributed by atoms with van der Waals surface area (Å²) >= 11 is 0. The fraction of sp³-hybridized carbons (Fsp3) is 0.571. The normalized spacial score (nSPS) is 32.0. The van der Waals surface area contributed by atoms with E-state index in [0.29, 0.717) is 0 Å². The number of benzene rings is 1. The number of aliphatic hydroxyl groups is 3. The van der Waals surface area contributed by atoms with Gasteiger partial charge in [0, 0.05) is 7.11 Å². The van der Waals surface area contributed by atoms with E-state index in [1.54, 1.807) is 12.1 Å². The van der Waals surface area contributed by atoms with Crippen molar-refractivity contribution in [2.75, 3.05) is 13.7 Å². The molecule has 1 aliphatic heterocycles. The number of aryl methyl sites for hydroxylation is 1. The van der Waals surface area contributed by atoms with E-state index in [1.807, 2.05) is 6.92 Å². The minimum absolute atomic E-state index is 0.0936. The zero-order chi connectivity index (χ0) is 17.2. The molecule has 0 bridgehead atoms. The molecule has 0 amide bonds. The molecule has 1 fully saturated rings. The standard InChI is InChI=1S/C14H20O8S/c1-8-3-5-9(6-4-8)23(18,19)22-13-12(17)11(16)10(7-15)21-14(13)20-2/h3-6,10-17H,7H2,1-2H3/t10?,11?,12?,13-,14?/m1/s1. The van der Waals surface area contributed by atoms with Gasteiger partial charge in [-0.05, 0) is 19.1 Å². The molecule has 0 saturated carbocycles. The van der Waals surface area contributed by atoms with E-state index in [2.05, 4.69) is 0 Å². The predicted molar refractivity (Wildman–Crippen MR) is 78.0 cm³/mol. The van der Waals surface area contributed by atoms with Crippen LogP contribution in [0.1, 0.15) is 5.56 Å². The van der Waals surface area contributed by atoms with Gasteiger partial charge in [0.1, 0.15) is 18.3 Å². The molecule has 1 aromatic carbocycles. The van der Waals surface area contributed by atoms with Crippen molar-refractivity contribution in [1.29, 1.82) is 0 Å². The van der Waals surface area contributed by atoms with Crippen LogP contribution in [0.15, 0.2) is 29.2 Å². The Bertz CT molecular complexity index is 612. The minimum Gasteiger partial charge on any atom is -0.394 e. The average molecular weight is 348 g/mol. The lowest BCUT2D eigenvalue weighted by Crippen LogP contribution is -2.60. The van der Waals surface area contributed by atoms with Crippen LogP contribution in [0, 0.1) is 6.92 Å². The molecule has 2 rings (SSSR count). The summed E-state index contributed by atoms with van der Waals surface area (Å²) in [6.07, 6.45) is -6.94. The van der Waals surface area contributed by atoms with E-state index in [0.717, 1.165) is 5.56 Å². The molecule has 23 heavy (non-hydrogen) atoms. The number of hydrogen-bond donors (Lipinski definition) is 3. The topological polar surface area (TPSA) is 123 Å². The molecule has 0 aromatic heterocycles. The van der Waals surface area contributed by atoms with E-state index >= 15 is 0 Å². The smallest absolute Gasteiger partial charge is 0.297 e. The van der Waals surface area contributed by atoms with Crippen LogP contribution in [0.5, 0.6) is 0 Å². The molecule has 0 radical (unpaired) electrons. The second kappa shape index (κ2) is 7.22. The summed E-state index contributed by atoms with van der Waals surface area (Å²) in [5.41, 5.74) is 0.876. The van der Waals surface area contributed by atoms with Crippen molar-refractivity contribution >= 4 is 10.1 Å². The molecule has 0 aliphatic carbocycles. The lowest BCUT2D eigenvalue weighted by atomic mass is 9.99. The van der Waals surface area contributed by atoms with Gasteiger partial charge in [-0.2, -0.15) is 8.42 Å². The van der Waals surface area contributed by atoms with E-state index in [9.17, 15) is 18.6 Å². The molecule has 1 saturated heterocycles. The van der Waals surface area contributed by atoms with Gasteiger partial charge in [0.15, 0.2) is 12.4 Å². The van der Waals surface area contributed by atoms with E-state index < -0.39 is 47.4 Å². The Labute approximate surface area is 134 Å². The fourth-order valence-electron chi connectivity index (χ4n) is 2.26. The predicted octanol–water partition coefficient (Wildman–Crippen LogP) is -0.846. The molecule has 1 heterocycles. The number of rotatable bonds is 5. The second-order valence-corrected chi connectivity index (χ2v) is 6.84. The van der Waals surface area contributed by atoms with Crippen LogP contribution >= 0.6 is 0 Å². The largest absolute Gasteiger partial charge is 0.394 e. The van der Waals surface area contributed by atoms with Gasteiger partial charge >= 0.3 is 0 Å². The first-order valence-corrected chi connectivity index (χ1v) is 8.36. The third kappa shape index (κ3) is 3.89. The summed E-state index contributed by atoms with van der Waals surface area (Å²) in [5, 5.41) is 29.0. The molecule has 4 unspecified atom stereocenters. The van der Waals surface area contributed by atoms with Gasteiger partial charge in [-0.25, -0.2) is 0 Å². The van der Waals surface area contributed by atoms with Crippen LogP contribution in [0.25, 0.3) is 0 Å². The quantitative estimate of drug-likeness (QED) is 0.589. The molecular formula is C14H20O8S. The SMILES string of the molecule is COC1OC(CO)C(O)C(O)[C@H]1OS(=O)(=O)c1ccc(C)cc1. The Hall–Kier alpha value is -1.07. The van der Waals surface area contributed by atoms with Crippen LogP contribution in [0.4, 0.5) is 0 Å². The molecule has 1 aliphatic rings. The minimum atomic E-state index is -4.19. The van der Waals surface area contributed by atoms with Crippen LogP contribution in [0.2, 0.25) is 0 Å². The third-order valence-electron chi connectivity index (χ3n) is 3.60. The maximum Gasteiger partial charge on any atom is 0.297 e. The number of methoxy groups -OCH3 is 1. The number of ether oxygens (including phenoxy) is 2. The Morgan fingerprint density at radius 3 is 2.30 bits per heavy atom. The van der Waals surface area contributed by atoms with Crippen molar-refractivity contribution in [3.8, 4) is 0 Å². The highest BCUT2D eigenvalue weighted by atomic mass is 32.2. The molecule has 5 atom stereocenters. The maximum atomic E-state index is 12.3. The van der Waals surface area contributed by atoms with Gasteiger partial charge in [-0.1, -0.05) is 17.7 Å². The van der Waals surface area contributed by atoms with Gasteiger partial charge in [-0.15, -0.1) is 0 Å². The van der Waals surface area contributed by atoms with Crippen LogP contribution in [-0.4, -0.2) is 68.2 Å². The van der Waals surface area contributed by atoms with Crippen molar-refractivity contribution in [2.45, 2.75) is 42.5 Å². The Kier molecular flexibility index (Phi) is 5.74. The Morgan fingerprint density at radius 2 is 1.78 bits per heavy atom. The fourth-order valence-corrected chi connectivity index (χ4v) is 3.33. The zero-order valence-electron chi connectivity index (χ0n) is 12.7. The average Bonchev–Trinajstić information content (AvgIpc) is 2.52. The summed E-state index contributed by atoms with van der Waals surface area (Å²) in [6.45, 7) is 1.25. The monoisotopic (exact) mass is 348 g/mol. The third-order valence-corrected chi connectivity index (χ3v) is 4.93. The summed E-state index contributed by atoms with van der Waals surface area (Å²) in [5.74, 6) is 0. The van der Waals surface area contributed by atoms with E-state index in [-0.39, 0.29) is 4.90 Å². The summed E-state index contributed by atoms with van der Waals surface area (Å²) in [4.78, 5) is -0.0936. The van der Waals surface area contributed by atoms with Gasteiger partial charge < -0.3 is 24.8 Å². The molecule has 1 aromatic rings. The maximum absolute atomic E-state index is 12.3. The lowest BCUT2D eigenvalue weighted by Gasteiger charge is -2.40. The lowest BCUT2D eigenvalue weighted by molar-refractivity contribution is -0.288. The zero-order valence-corrected chi connectivity index (χ0v) is 13.5. The highest BCUT2D eigenvalue weighted by Gasteiger charge is 2.47. The highest BCUT2D eigenvalue weighted by Crippen LogP contribution is 2.27. The van der Waals surface area contributed by atoms with Crippen molar-refractivity contribution in [2.24, 2.45) is 0 Å². The second-order valence-electron chi connectivity index (χ2n) is 5.27. The summed E-state index contributed by atoms with van der Waals surface area (Å²) in [6, 6.07) is 5.95. The van der Waals surface area contributed by atoms with Crippen LogP contribution < -0.4 is 0 Å². The van der Waals surface area contributed by atoms with Crippen molar-refractivity contribution < 1.29 is 37.4 Å². The first-order valence-electron chi connectivity index (χ1n) is 6.95. The van der Waals surface area contributed by atoms with Crippen LogP contribution in [0.3, 0.4) is 0 Å². The summed E-state index contributed by atoms with van der Waals surface area (Å²) < 4.78 is 39.8. The number of aliphatic hydroxyl groups excluding tert-OH is 3. The number of hydrogen-bond acceptors (Lipinski definition) is 8. The molecule has 3 N–H and O–H groups in total. The van der Waals surface area contributed by atoms with Gasteiger partial charge in [0.2, 0.25) is 0 Å².